The first-order valence-corrected chi connectivity index (χ1v) is 4.45. The van der Waals surface area contributed by atoms with E-state index in [0.29, 0.717) is 0 Å². The van der Waals surface area contributed by atoms with E-state index in [1.807, 2.05) is 0 Å². The van der Waals surface area contributed by atoms with Gasteiger partial charge in [0.25, 0.3) is 0 Å². The van der Waals surface area contributed by atoms with Crippen LogP contribution >= 0.6 is 0 Å². The zero-order valence-corrected chi connectivity index (χ0v) is 5.59. The van der Waals surface area contributed by atoms with Gasteiger partial charge in [-0.3, -0.25) is 0 Å². The summed E-state index contributed by atoms with van der Waals surface area (Å²) in [5.74, 6) is 7.53. The second kappa shape index (κ2) is 0.889. The Hall–Kier alpha value is 0. The van der Waals surface area contributed by atoms with Crippen molar-refractivity contribution >= 4 is 0 Å². The van der Waals surface area contributed by atoms with Crippen LogP contribution in [0.1, 0.15) is 19.3 Å². The largest absolute Gasteiger partial charge is 0.0465 e. The summed E-state index contributed by atoms with van der Waals surface area (Å²) in [6.07, 6.45) is 4.97. The van der Waals surface area contributed by atoms with Gasteiger partial charge in [0.15, 0.2) is 0 Å². The van der Waals surface area contributed by atoms with E-state index in [0.717, 1.165) is 0 Å². The first-order valence-electron chi connectivity index (χ1n) is 4.45. The van der Waals surface area contributed by atoms with E-state index in [2.05, 4.69) is 0 Å². The predicted octanol–water partition coefficient (Wildman–Crippen LogP) is 1.91. The van der Waals surface area contributed by atoms with Crippen LogP contribution in [0.25, 0.3) is 0 Å². The highest BCUT2D eigenvalue weighted by molar-refractivity contribution is 5.19. The average molecular weight is 120 g/mol. The fourth-order valence-corrected chi connectivity index (χ4v) is 4.95. The molecule has 0 unspecified atom stereocenters. The molecule has 6 bridgehead atoms. The molecule has 48 valence electrons. The SMILES string of the molecule is C1C2C3CC4C1C3CC24. The molecule has 6 saturated carbocycles. The van der Waals surface area contributed by atoms with Crippen molar-refractivity contribution in [3.05, 3.63) is 0 Å². The van der Waals surface area contributed by atoms with Gasteiger partial charge >= 0.3 is 0 Å². The topological polar surface area (TPSA) is 0 Å². The summed E-state index contributed by atoms with van der Waals surface area (Å²) >= 11 is 0. The van der Waals surface area contributed by atoms with Gasteiger partial charge < -0.3 is 0 Å². The molecule has 0 amide bonds. The minimum absolute atomic E-state index is 1.25. The Labute approximate surface area is 55.6 Å². The third kappa shape index (κ3) is 0.222. The van der Waals surface area contributed by atoms with Crippen LogP contribution in [0.4, 0.5) is 0 Å². The smallest absolute Gasteiger partial charge is 0.0349 e. The maximum absolute atomic E-state index is 1.66. The van der Waals surface area contributed by atoms with Crippen LogP contribution in [0.3, 0.4) is 0 Å². The fraction of sp³-hybridized carbons (Fsp3) is 1.00. The Morgan fingerprint density at radius 3 is 0.778 bits per heavy atom. The molecule has 9 heavy (non-hydrogen) atoms. The van der Waals surface area contributed by atoms with E-state index in [4.69, 9.17) is 0 Å². The lowest BCUT2D eigenvalue weighted by atomic mass is 10.0. The van der Waals surface area contributed by atoms with Crippen molar-refractivity contribution in [2.24, 2.45) is 35.5 Å². The van der Waals surface area contributed by atoms with E-state index in [-0.39, 0.29) is 0 Å². The molecule has 0 saturated heterocycles. The monoisotopic (exact) mass is 120 g/mol. The third-order valence-electron chi connectivity index (χ3n) is 4.93. The van der Waals surface area contributed by atoms with Crippen molar-refractivity contribution in [3.63, 3.8) is 0 Å². The molecule has 6 aliphatic carbocycles. The van der Waals surface area contributed by atoms with Crippen LogP contribution in [0, 0.1) is 35.5 Å². The Balaban J connectivity index is 2.11. The van der Waals surface area contributed by atoms with Crippen LogP contribution in [-0.4, -0.2) is 0 Å². The highest BCUT2D eigenvalue weighted by atomic mass is 14.7. The zero-order chi connectivity index (χ0) is 5.59. The van der Waals surface area contributed by atoms with Gasteiger partial charge in [0.1, 0.15) is 0 Å². The zero-order valence-electron chi connectivity index (χ0n) is 5.59. The summed E-state index contributed by atoms with van der Waals surface area (Å²) in [6, 6.07) is 0. The van der Waals surface area contributed by atoms with Gasteiger partial charge in [-0.1, -0.05) is 0 Å². The van der Waals surface area contributed by atoms with Crippen LogP contribution in [-0.2, 0) is 0 Å². The molecule has 0 aromatic rings. The van der Waals surface area contributed by atoms with E-state index in [9.17, 15) is 0 Å². The van der Waals surface area contributed by atoms with Gasteiger partial charge in [0.2, 0.25) is 0 Å². The molecule has 0 aromatic heterocycles. The van der Waals surface area contributed by atoms with Gasteiger partial charge in [0.05, 0.1) is 0 Å². The molecule has 0 N–H and O–H groups in total. The molecule has 6 rings (SSSR count). The normalized spacial score (nSPS) is 80.0. The second-order valence-corrected chi connectivity index (χ2v) is 4.69. The lowest BCUT2D eigenvalue weighted by molar-refractivity contribution is 0.434. The Morgan fingerprint density at radius 1 is 0.444 bits per heavy atom. The lowest BCUT2D eigenvalue weighted by Crippen LogP contribution is -2.00. The average Bonchev–Trinajstić information content (AvgIpc) is 2.58. The maximum Gasteiger partial charge on any atom is -0.0349 e. The van der Waals surface area contributed by atoms with Crippen molar-refractivity contribution in [1.29, 1.82) is 0 Å². The summed E-state index contributed by atoms with van der Waals surface area (Å²) in [5.41, 5.74) is 0. The van der Waals surface area contributed by atoms with Crippen molar-refractivity contribution in [2.75, 3.05) is 0 Å². The van der Waals surface area contributed by atoms with Crippen LogP contribution in [0.5, 0.6) is 0 Å². The van der Waals surface area contributed by atoms with Crippen LogP contribution in [0.2, 0.25) is 0 Å². The molecular weight excluding hydrogens is 108 g/mol. The van der Waals surface area contributed by atoms with E-state index >= 15 is 0 Å². The van der Waals surface area contributed by atoms with E-state index < -0.39 is 0 Å². The molecular formula is C9H12. The van der Waals surface area contributed by atoms with E-state index in [1.54, 1.807) is 19.3 Å². The van der Waals surface area contributed by atoms with Crippen molar-refractivity contribution in [1.82, 2.24) is 0 Å². The van der Waals surface area contributed by atoms with Crippen molar-refractivity contribution < 1.29 is 0 Å². The molecule has 6 aliphatic rings. The van der Waals surface area contributed by atoms with Gasteiger partial charge in [-0.25, -0.2) is 0 Å². The summed E-state index contributed by atoms with van der Waals surface area (Å²) in [5, 5.41) is 0. The molecule has 0 radical (unpaired) electrons. The molecule has 0 heterocycles. The molecule has 0 heteroatoms. The molecule has 0 aliphatic heterocycles. The fourth-order valence-electron chi connectivity index (χ4n) is 4.95. The summed E-state index contributed by atoms with van der Waals surface area (Å²) < 4.78 is 0. The number of rotatable bonds is 0. The number of hydrogen-bond acceptors (Lipinski definition) is 0. The van der Waals surface area contributed by atoms with Crippen molar-refractivity contribution in [3.8, 4) is 0 Å². The highest BCUT2D eigenvalue weighted by Gasteiger charge is 2.70. The minimum atomic E-state index is 1.25. The molecule has 6 fully saturated rings. The Bertz CT molecular complexity index is 121. The van der Waals surface area contributed by atoms with E-state index in [1.165, 1.54) is 35.5 Å². The second-order valence-electron chi connectivity index (χ2n) is 4.69. The quantitative estimate of drug-likeness (QED) is 0.458. The first-order chi connectivity index (χ1) is 4.45. The van der Waals surface area contributed by atoms with Crippen LogP contribution in [0.15, 0.2) is 0 Å². The van der Waals surface area contributed by atoms with Crippen LogP contribution < -0.4 is 0 Å². The maximum atomic E-state index is 1.66. The van der Waals surface area contributed by atoms with Gasteiger partial charge in [-0.15, -0.1) is 0 Å². The highest BCUT2D eigenvalue weighted by Crippen LogP contribution is 2.77. The Morgan fingerprint density at radius 2 is 0.667 bits per heavy atom. The summed E-state index contributed by atoms with van der Waals surface area (Å²) in [4.78, 5) is 0. The molecule has 0 aromatic carbocycles. The number of hydrogen-bond donors (Lipinski definition) is 0. The third-order valence-corrected chi connectivity index (χ3v) is 4.93. The molecule has 0 atom stereocenters. The van der Waals surface area contributed by atoms with Gasteiger partial charge in [-0.05, 0) is 54.8 Å². The lowest BCUT2D eigenvalue weighted by Gasteiger charge is -2.04. The van der Waals surface area contributed by atoms with Gasteiger partial charge in [0, 0.05) is 0 Å². The first kappa shape index (κ1) is 4.00. The van der Waals surface area contributed by atoms with Gasteiger partial charge in [-0.2, -0.15) is 0 Å². The summed E-state index contributed by atoms with van der Waals surface area (Å²) in [7, 11) is 0. The minimum Gasteiger partial charge on any atom is -0.0465 e. The summed E-state index contributed by atoms with van der Waals surface area (Å²) in [6.45, 7) is 0. The van der Waals surface area contributed by atoms with Crippen molar-refractivity contribution in [2.45, 2.75) is 19.3 Å². The molecule has 0 nitrogen and oxygen atoms in total. The standard InChI is InChI=1S/C9H12/c1-4-6-2-7-5(1)9(6)3-8(4)7/h4-9H,1-3H2. The predicted molar refractivity (Wildman–Crippen MR) is 34.8 cm³/mol. The Kier molecular flexibility index (Phi) is 0.395. The molecule has 0 spiro atoms.